The van der Waals surface area contributed by atoms with E-state index in [2.05, 4.69) is 5.32 Å². The van der Waals surface area contributed by atoms with E-state index in [0.717, 1.165) is 18.4 Å². The van der Waals surface area contributed by atoms with E-state index in [-0.39, 0.29) is 18.8 Å². The number of hydrogen-bond acceptors (Lipinski definition) is 4. The lowest BCUT2D eigenvalue weighted by molar-refractivity contribution is 0.0211. The summed E-state index contributed by atoms with van der Waals surface area (Å²) in [5.41, 5.74) is 0.593. The van der Waals surface area contributed by atoms with E-state index in [4.69, 9.17) is 16.3 Å². The maximum atomic E-state index is 9.94. The second kappa shape index (κ2) is 9.38. The highest BCUT2D eigenvalue weighted by Gasteiger charge is 2.25. The van der Waals surface area contributed by atoms with Gasteiger partial charge in [-0.15, -0.1) is 0 Å². The third-order valence-electron chi connectivity index (χ3n) is 3.89. The number of nitrogens with one attached hydrogen (secondary N) is 1. The Morgan fingerprint density at radius 1 is 1.29 bits per heavy atom. The van der Waals surface area contributed by atoms with Crippen LogP contribution in [0.25, 0.3) is 0 Å². The molecule has 0 aliphatic carbocycles. The van der Waals surface area contributed by atoms with Gasteiger partial charge in [-0.05, 0) is 24.5 Å². The minimum atomic E-state index is -0.614. The fourth-order valence-electron chi connectivity index (χ4n) is 2.09. The van der Waals surface area contributed by atoms with Crippen LogP contribution in [0.5, 0.6) is 0 Å². The van der Waals surface area contributed by atoms with Gasteiger partial charge in [-0.25, -0.2) is 0 Å². The van der Waals surface area contributed by atoms with Crippen LogP contribution in [0.3, 0.4) is 0 Å². The molecule has 0 heterocycles. The molecule has 0 aliphatic heterocycles. The average molecular weight is 316 g/mol. The Kier molecular flexibility index (Phi) is 8.22. The van der Waals surface area contributed by atoms with E-state index in [1.165, 1.54) is 0 Å². The molecular formula is C16H26ClNO3. The highest BCUT2D eigenvalue weighted by atomic mass is 35.5. The van der Waals surface area contributed by atoms with Crippen LogP contribution < -0.4 is 5.32 Å². The summed E-state index contributed by atoms with van der Waals surface area (Å²) in [7, 11) is 0. The first-order valence-electron chi connectivity index (χ1n) is 7.42. The Balaban J connectivity index is 2.31. The quantitative estimate of drug-likeness (QED) is 0.620. The first kappa shape index (κ1) is 18.4. The van der Waals surface area contributed by atoms with Crippen LogP contribution in [0, 0.1) is 0 Å². The first-order valence-corrected chi connectivity index (χ1v) is 7.79. The van der Waals surface area contributed by atoms with Gasteiger partial charge in [-0.2, -0.15) is 0 Å². The van der Waals surface area contributed by atoms with Gasteiger partial charge < -0.3 is 20.3 Å². The molecule has 21 heavy (non-hydrogen) atoms. The molecule has 0 saturated heterocycles. The third kappa shape index (κ3) is 5.93. The molecule has 0 saturated carbocycles. The van der Waals surface area contributed by atoms with Crippen LogP contribution in [0.2, 0.25) is 5.02 Å². The molecule has 1 unspecified atom stereocenters. The van der Waals surface area contributed by atoms with Gasteiger partial charge >= 0.3 is 0 Å². The van der Waals surface area contributed by atoms with E-state index in [0.29, 0.717) is 18.2 Å². The van der Waals surface area contributed by atoms with Gasteiger partial charge in [0.25, 0.3) is 0 Å². The van der Waals surface area contributed by atoms with E-state index < -0.39 is 6.10 Å². The molecule has 0 spiro atoms. The fourth-order valence-corrected chi connectivity index (χ4v) is 2.28. The molecule has 0 aliphatic rings. The van der Waals surface area contributed by atoms with Crippen LogP contribution >= 0.6 is 11.6 Å². The molecule has 5 heteroatoms. The van der Waals surface area contributed by atoms with Gasteiger partial charge in [0.2, 0.25) is 0 Å². The molecule has 4 nitrogen and oxygen atoms in total. The molecule has 0 amide bonds. The Morgan fingerprint density at radius 3 is 2.52 bits per heavy atom. The predicted octanol–water partition coefficient (Wildman–Crippen LogP) is 2.36. The summed E-state index contributed by atoms with van der Waals surface area (Å²) in [4.78, 5) is 0. The first-order chi connectivity index (χ1) is 10.1. The number of benzene rings is 1. The number of hydrogen-bond donors (Lipinski definition) is 3. The van der Waals surface area contributed by atoms with Gasteiger partial charge in [-0.1, -0.05) is 43.6 Å². The van der Waals surface area contributed by atoms with Gasteiger partial charge in [0.05, 0.1) is 25.9 Å². The maximum Gasteiger partial charge on any atom is 0.0898 e. The second-order valence-electron chi connectivity index (χ2n) is 5.29. The molecule has 1 rings (SSSR count). The monoisotopic (exact) mass is 315 g/mol. The molecule has 3 N–H and O–H groups in total. The topological polar surface area (TPSA) is 61.7 Å². The lowest BCUT2D eigenvalue weighted by Crippen LogP contribution is -2.50. The van der Waals surface area contributed by atoms with Crippen LogP contribution in [0.15, 0.2) is 24.3 Å². The summed E-state index contributed by atoms with van der Waals surface area (Å²) in [6.45, 7) is 5.11. The van der Waals surface area contributed by atoms with Crippen LogP contribution in [0.4, 0.5) is 0 Å². The Hall–Kier alpha value is -0.650. The lowest BCUT2D eigenvalue weighted by atomic mass is 9.94. The molecule has 0 radical (unpaired) electrons. The summed E-state index contributed by atoms with van der Waals surface area (Å²) in [6, 6.07) is 7.49. The maximum absolute atomic E-state index is 9.94. The summed E-state index contributed by atoms with van der Waals surface area (Å²) < 4.78 is 5.49. The van der Waals surface area contributed by atoms with E-state index in [1.54, 1.807) is 0 Å². The SMILES string of the molecule is CCC(CC)(CO)NCC(O)COCc1ccccc1Cl. The second-order valence-corrected chi connectivity index (χ2v) is 5.69. The standard InChI is InChI=1S/C16H26ClNO3/c1-3-16(4-2,12-19)18-9-14(20)11-21-10-13-7-5-6-8-15(13)17/h5-8,14,18-20H,3-4,9-12H2,1-2H3. The largest absolute Gasteiger partial charge is 0.394 e. The predicted molar refractivity (Wildman–Crippen MR) is 85.5 cm³/mol. The summed E-state index contributed by atoms with van der Waals surface area (Å²) in [6.07, 6.45) is 1.01. The summed E-state index contributed by atoms with van der Waals surface area (Å²) >= 11 is 6.03. The molecule has 0 bridgehead atoms. The Morgan fingerprint density at radius 2 is 1.95 bits per heavy atom. The summed E-state index contributed by atoms with van der Waals surface area (Å²) in [5.74, 6) is 0. The van der Waals surface area contributed by atoms with Gasteiger partial charge in [0.15, 0.2) is 0 Å². The Bertz CT molecular complexity index is 402. The molecule has 1 aromatic carbocycles. The number of aliphatic hydroxyl groups is 2. The van der Waals surface area contributed by atoms with Crippen LogP contribution in [-0.4, -0.2) is 41.6 Å². The van der Waals surface area contributed by atoms with Gasteiger partial charge in [0, 0.05) is 17.1 Å². The molecule has 120 valence electrons. The third-order valence-corrected chi connectivity index (χ3v) is 4.26. The zero-order valence-corrected chi connectivity index (χ0v) is 13.6. The minimum absolute atomic E-state index is 0.0627. The van der Waals surface area contributed by atoms with Crippen molar-refractivity contribution in [3.8, 4) is 0 Å². The van der Waals surface area contributed by atoms with Crippen molar-refractivity contribution in [3.05, 3.63) is 34.9 Å². The lowest BCUT2D eigenvalue weighted by Gasteiger charge is -2.32. The molecule has 0 aromatic heterocycles. The number of halogens is 1. The minimum Gasteiger partial charge on any atom is -0.394 e. The Labute approximate surface area is 132 Å². The highest BCUT2D eigenvalue weighted by molar-refractivity contribution is 6.31. The zero-order chi connectivity index (χ0) is 15.7. The van der Waals surface area contributed by atoms with Crippen molar-refractivity contribution in [2.75, 3.05) is 19.8 Å². The smallest absolute Gasteiger partial charge is 0.0898 e. The average Bonchev–Trinajstić information content (AvgIpc) is 2.51. The van der Waals surface area contributed by atoms with E-state index in [1.807, 2.05) is 38.1 Å². The van der Waals surface area contributed by atoms with Crippen molar-refractivity contribution in [1.29, 1.82) is 0 Å². The molecule has 1 aromatic rings. The van der Waals surface area contributed by atoms with Crippen molar-refractivity contribution in [3.63, 3.8) is 0 Å². The highest BCUT2D eigenvalue weighted by Crippen LogP contribution is 2.16. The van der Waals surface area contributed by atoms with E-state index >= 15 is 0 Å². The van der Waals surface area contributed by atoms with Gasteiger partial charge in [-0.3, -0.25) is 0 Å². The van der Waals surface area contributed by atoms with Crippen molar-refractivity contribution < 1.29 is 14.9 Å². The number of aliphatic hydroxyl groups excluding tert-OH is 2. The van der Waals surface area contributed by atoms with Crippen LogP contribution in [-0.2, 0) is 11.3 Å². The fraction of sp³-hybridized carbons (Fsp3) is 0.625. The van der Waals surface area contributed by atoms with E-state index in [9.17, 15) is 10.2 Å². The summed E-state index contributed by atoms with van der Waals surface area (Å²) in [5, 5.41) is 23.3. The number of ether oxygens (including phenoxy) is 1. The van der Waals surface area contributed by atoms with Gasteiger partial charge in [0.1, 0.15) is 0 Å². The zero-order valence-electron chi connectivity index (χ0n) is 12.8. The molecule has 1 atom stereocenters. The molecule has 0 fully saturated rings. The number of rotatable bonds is 10. The van der Waals surface area contributed by atoms with Crippen molar-refractivity contribution >= 4 is 11.6 Å². The van der Waals surface area contributed by atoms with Crippen molar-refractivity contribution in [1.82, 2.24) is 5.32 Å². The normalized spacial score (nSPS) is 13.4. The van der Waals surface area contributed by atoms with Crippen LogP contribution in [0.1, 0.15) is 32.3 Å². The van der Waals surface area contributed by atoms with Crippen molar-refractivity contribution in [2.45, 2.75) is 44.9 Å². The number of β-amino-alcohol motifs (C(OH)–C–C–N with tert-alkyl or cyclic N) is 1. The molecular weight excluding hydrogens is 290 g/mol. The van der Waals surface area contributed by atoms with Crippen molar-refractivity contribution in [2.24, 2.45) is 0 Å².